The molecule has 0 bridgehead atoms. The first-order valence-corrected chi connectivity index (χ1v) is 7.01. The summed E-state index contributed by atoms with van der Waals surface area (Å²) in [6.07, 6.45) is 1.16. The third-order valence-electron chi connectivity index (χ3n) is 3.27. The lowest BCUT2D eigenvalue weighted by molar-refractivity contribution is 0.734. The molecule has 3 N–H and O–H groups in total. The number of thiazole rings is 1. The average molecular weight is 261 g/mol. The molecule has 1 unspecified atom stereocenters. The quantitative estimate of drug-likeness (QED) is 0.648. The number of hydrogen-bond donors (Lipinski definition) is 2. The average Bonchev–Trinajstić information content (AvgIpc) is 2.79. The Balaban J connectivity index is 2.28. The summed E-state index contributed by atoms with van der Waals surface area (Å²) in [5.74, 6) is 6.05. The molecule has 0 saturated carbocycles. The maximum atomic E-state index is 5.44. The van der Waals surface area contributed by atoms with Crippen molar-refractivity contribution >= 4 is 16.3 Å². The molecule has 0 amide bonds. The molecular formula is C14H19N3S. The van der Waals surface area contributed by atoms with E-state index in [1.807, 2.05) is 6.92 Å². The van der Waals surface area contributed by atoms with E-state index in [9.17, 15) is 0 Å². The number of nitrogens with one attached hydrogen (secondary N) is 1. The first-order valence-electron chi connectivity index (χ1n) is 6.20. The van der Waals surface area contributed by atoms with Crippen LogP contribution in [0.2, 0.25) is 0 Å². The van der Waals surface area contributed by atoms with Crippen molar-refractivity contribution in [3.63, 3.8) is 0 Å². The van der Waals surface area contributed by atoms with Gasteiger partial charge in [0.2, 0.25) is 0 Å². The van der Waals surface area contributed by atoms with Gasteiger partial charge >= 0.3 is 0 Å². The Hall–Kier alpha value is -1.39. The minimum Gasteiger partial charge on any atom is -0.314 e. The number of nitrogen functional groups attached to an aromatic ring is 1. The molecule has 18 heavy (non-hydrogen) atoms. The molecule has 3 nitrogen and oxygen atoms in total. The van der Waals surface area contributed by atoms with Crippen molar-refractivity contribution in [3.05, 3.63) is 35.5 Å². The largest absolute Gasteiger partial charge is 0.314 e. The number of anilines is 1. The SMILES string of the molecule is CCC(C)c1ccc(-c2nc(C)c(NN)s2)cc1. The first kappa shape index (κ1) is 13.1. The fraction of sp³-hybridized carbons (Fsp3) is 0.357. The van der Waals surface area contributed by atoms with Crippen molar-refractivity contribution in [3.8, 4) is 10.6 Å². The lowest BCUT2D eigenvalue weighted by Crippen LogP contribution is -2.05. The second-order valence-electron chi connectivity index (χ2n) is 4.51. The third-order valence-corrected chi connectivity index (χ3v) is 4.40. The number of benzene rings is 1. The van der Waals surface area contributed by atoms with Crippen LogP contribution in [-0.2, 0) is 0 Å². The summed E-state index contributed by atoms with van der Waals surface area (Å²) in [7, 11) is 0. The van der Waals surface area contributed by atoms with Crippen LogP contribution in [0.25, 0.3) is 10.6 Å². The summed E-state index contributed by atoms with van der Waals surface area (Å²) in [5, 5.41) is 1.94. The molecule has 1 atom stereocenters. The number of hydrazine groups is 1. The number of nitrogens with two attached hydrogens (primary N) is 1. The number of nitrogens with zero attached hydrogens (tertiary/aromatic N) is 1. The number of rotatable bonds is 4. The fourth-order valence-corrected chi connectivity index (χ4v) is 2.73. The molecule has 4 heteroatoms. The molecule has 0 saturated heterocycles. The molecular weight excluding hydrogens is 242 g/mol. The highest BCUT2D eigenvalue weighted by Gasteiger charge is 2.09. The van der Waals surface area contributed by atoms with Gasteiger partial charge in [0.05, 0.1) is 5.69 Å². The maximum Gasteiger partial charge on any atom is 0.126 e. The highest BCUT2D eigenvalue weighted by molar-refractivity contribution is 7.19. The van der Waals surface area contributed by atoms with E-state index >= 15 is 0 Å². The van der Waals surface area contributed by atoms with Gasteiger partial charge in [-0.3, -0.25) is 0 Å². The van der Waals surface area contributed by atoms with Crippen molar-refractivity contribution in [2.24, 2.45) is 5.84 Å². The molecule has 0 spiro atoms. The van der Waals surface area contributed by atoms with Gasteiger partial charge in [-0.15, -0.1) is 0 Å². The molecule has 0 aliphatic carbocycles. The fourth-order valence-electron chi connectivity index (χ4n) is 1.84. The van der Waals surface area contributed by atoms with E-state index in [-0.39, 0.29) is 0 Å². The summed E-state index contributed by atoms with van der Waals surface area (Å²) >= 11 is 1.59. The van der Waals surface area contributed by atoms with E-state index in [1.54, 1.807) is 11.3 Å². The molecule has 96 valence electrons. The van der Waals surface area contributed by atoms with Gasteiger partial charge < -0.3 is 5.43 Å². The van der Waals surface area contributed by atoms with Crippen LogP contribution in [0.15, 0.2) is 24.3 Å². The molecule has 2 rings (SSSR count). The van der Waals surface area contributed by atoms with Gasteiger partial charge in [-0.05, 0) is 24.8 Å². The molecule has 1 aromatic heterocycles. The predicted molar refractivity (Wildman–Crippen MR) is 78.8 cm³/mol. The van der Waals surface area contributed by atoms with E-state index in [0.717, 1.165) is 27.7 Å². The van der Waals surface area contributed by atoms with E-state index < -0.39 is 0 Å². The van der Waals surface area contributed by atoms with Crippen LogP contribution >= 0.6 is 11.3 Å². The molecule has 2 aromatic rings. The minimum absolute atomic E-state index is 0.610. The van der Waals surface area contributed by atoms with Crippen LogP contribution in [0, 0.1) is 6.92 Å². The molecule has 0 aliphatic rings. The summed E-state index contributed by atoms with van der Waals surface area (Å²) in [6, 6.07) is 8.66. The van der Waals surface area contributed by atoms with Crippen molar-refractivity contribution in [1.29, 1.82) is 0 Å². The standard InChI is InChI=1S/C14H19N3S/c1-4-9(2)11-5-7-12(8-6-11)14-16-10(3)13(17-15)18-14/h5-9,17H,4,15H2,1-3H3. The molecule has 1 heterocycles. The zero-order valence-electron chi connectivity index (χ0n) is 11.0. The molecule has 0 radical (unpaired) electrons. The zero-order chi connectivity index (χ0) is 13.1. The van der Waals surface area contributed by atoms with Crippen LogP contribution in [-0.4, -0.2) is 4.98 Å². The van der Waals surface area contributed by atoms with E-state index in [2.05, 4.69) is 48.5 Å². The van der Waals surface area contributed by atoms with Crippen LogP contribution in [0.1, 0.15) is 37.4 Å². The summed E-state index contributed by atoms with van der Waals surface area (Å²) in [5.41, 5.74) is 6.16. The lowest BCUT2D eigenvalue weighted by atomic mass is 9.98. The van der Waals surface area contributed by atoms with Gasteiger partial charge in [0.1, 0.15) is 10.0 Å². The highest BCUT2D eigenvalue weighted by atomic mass is 32.1. The Bertz CT molecular complexity index is 516. The number of aromatic nitrogens is 1. The Morgan fingerprint density at radius 3 is 2.50 bits per heavy atom. The van der Waals surface area contributed by atoms with Gasteiger partial charge in [0, 0.05) is 5.56 Å². The molecule has 0 aliphatic heterocycles. The summed E-state index contributed by atoms with van der Waals surface area (Å²) in [4.78, 5) is 4.52. The smallest absolute Gasteiger partial charge is 0.126 e. The monoisotopic (exact) mass is 261 g/mol. The van der Waals surface area contributed by atoms with Gasteiger partial charge in [0.15, 0.2) is 0 Å². The number of aryl methyl sites for hydroxylation is 1. The van der Waals surface area contributed by atoms with Gasteiger partial charge in [-0.25, -0.2) is 10.8 Å². The van der Waals surface area contributed by atoms with Crippen LogP contribution < -0.4 is 11.3 Å². The van der Waals surface area contributed by atoms with Gasteiger partial charge in [0.25, 0.3) is 0 Å². The summed E-state index contributed by atoms with van der Waals surface area (Å²) < 4.78 is 0. The minimum atomic E-state index is 0.610. The van der Waals surface area contributed by atoms with Gasteiger partial charge in [-0.1, -0.05) is 49.4 Å². The molecule has 1 aromatic carbocycles. The maximum absolute atomic E-state index is 5.44. The van der Waals surface area contributed by atoms with Crippen molar-refractivity contribution in [2.75, 3.05) is 5.43 Å². The van der Waals surface area contributed by atoms with Crippen LogP contribution in [0.5, 0.6) is 0 Å². The Morgan fingerprint density at radius 1 is 1.33 bits per heavy atom. The first-order chi connectivity index (χ1) is 8.65. The Kier molecular flexibility index (Phi) is 3.99. The van der Waals surface area contributed by atoms with Crippen molar-refractivity contribution < 1.29 is 0 Å². The van der Waals surface area contributed by atoms with E-state index in [1.165, 1.54) is 5.56 Å². The Morgan fingerprint density at radius 2 is 2.00 bits per heavy atom. The molecule has 0 fully saturated rings. The summed E-state index contributed by atoms with van der Waals surface area (Å²) in [6.45, 7) is 6.42. The van der Waals surface area contributed by atoms with Crippen molar-refractivity contribution in [2.45, 2.75) is 33.1 Å². The second-order valence-corrected chi connectivity index (χ2v) is 5.51. The van der Waals surface area contributed by atoms with Gasteiger partial charge in [-0.2, -0.15) is 0 Å². The highest BCUT2D eigenvalue weighted by Crippen LogP contribution is 2.32. The zero-order valence-corrected chi connectivity index (χ0v) is 11.8. The predicted octanol–water partition coefficient (Wildman–Crippen LogP) is 3.92. The van der Waals surface area contributed by atoms with Crippen LogP contribution in [0.3, 0.4) is 0 Å². The second kappa shape index (κ2) is 5.50. The number of hydrogen-bond acceptors (Lipinski definition) is 4. The van der Waals surface area contributed by atoms with E-state index in [4.69, 9.17) is 5.84 Å². The van der Waals surface area contributed by atoms with Crippen molar-refractivity contribution in [1.82, 2.24) is 4.98 Å². The third kappa shape index (κ3) is 2.54. The van der Waals surface area contributed by atoms with E-state index in [0.29, 0.717) is 5.92 Å². The topological polar surface area (TPSA) is 50.9 Å². The lowest BCUT2D eigenvalue weighted by Gasteiger charge is -2.08. The van der Waals surface area contributed by atoms with Crippen LogP contribution in [0.4, 0.5) is 5.00 Å². The Labute approximate surface area is 112 Å². The normalized spacial score (nSPS) is 12.4.